The van der Waals surface area contributed by atoms with Gasteiger partial charge in [0.25, 0.3) is 10.5 Å². The van der Waals surface area contributed by atoms with E-state index in [1.165, 1.54) is 0 Å². The molecule has 4 aromatic rings. The average Bonchev–Trinajstić information content (AvgIpc) is 3.09. The predicted molar refractivity (Wildman–Crippen MR) is 201 cm³/mol. The van der Waals surface area contributed by atoms with E-state index in [1.807, 2.05) is 36.4 Å². The summed E-state index contributed by atoms with van der Waals surface area (Å²) >= 11 is 12.4. The normalized spacial score (nSPS) is 12.3. The highest BCUT2D eigenvalue weighted by Crippen LogP contribution is 2.40. The van der Waals surface area contributed by atoms with Crippen molar-refractivity contribution in [1.29, 1.82) is 0 Å². The second kappa shape index (κ2) is 17.8. The zero-order chi connectivity index (χ0) is 35.6. The van der Waals surface area contributed by atoms with Gasteiger partial charge in [0.15, 0.2) is 0 Å². The Balaban J connectivity index is 1.85. The largest absolute Gasteiger partial charge is 0.493 e. The number of ether oxygens (including phenoxy) is 4. The summed E-state index contributed by atoms with van der Waals surface area (Å²) in [6.07, 6.45) is 5.07. The summed E-state index contributed by atoms with van der Waals surface area (Å²) in [6, 6.07) is 19.6. The van der Waals surface area contributed by atoms with Gasteiger partial charge in [0.2, 0.25) is 0 Å². The van der Waals surface area contributed by atoms with Crippen molar-refractivity contribution in [3.63, 3.8) is 0 Å². The van der Waals surface area contributed by atoms with Gasteiger partial charge in [0.1, 0.15) is 23.0 Å². The zero-order valence-corrected chi connectivity index (χ0v) is 31.0. The molecule has 0 heterocycles. The Labute approximate surface area is 306 Å². The minimum Gasteiger partial charge on any atom is -0.493 e. The van der Waals surface area contributed by atoms with E-state index in [1.54, 1.807) is 0 Å². The van der Waals surface area contributed by atoms with Gasteiger partial charge in [0.05, 0.1) is 26.4 Å². The first-order chi connectivity index (χ1) is 24.3. The smallest absolute Gasteiger partial charge is 0.252 e. The molecule has 1 aliphatic rings. The predicted octanol–water partition coefficient (Wildman–Crippen LogP) is 10.3. The molecule has 5 rings (SSSR count). The van der Waals surface area contributed by atoms with E-state index < -0.39 is 10.5 Å². The Morgan fingerprint density at radius 1 is 0.460 bits per heavy atom. The average molecular weight is 718 g/mol. The first kappa shape index (κ1) is 37.3. The van der Waals surface area contributed by atoms with E-state index in [0.29, 0.717) is 63.2 Å². The standard InChI is InChI=1S/C42H46Cl2O6/c1-5-15-47-37-27-11-9-12-28(37)20-32-24-36(42(44)46)26-34(40(32)50-18-8-4)22-30-14-10-13-29(38(30)48-16-6-2)21-33-25-35(41(43)45)23-31(19-27)39(33)49-17-7-3/h9-14,23-26H,5-8,15-22H2,1-4H3. The molecule has 8 bridgehead atoms. The van der Waals surface area contributed by atoms with Gasteiger partial charge in [-0.15, -0.1) is 0 Å². The lowest BCUT2D eigenvalue weighted by Crippen LogP contribution is -2.11. The van der Waals surface area contributed by atoms with Crippen LogP contribution in [0.1, 0.15) is 119 Å². The highest BCUT2D eigenvalue weighted by Gasteiger charge is 2.24. The van der Waals surface area contributed by atoms with Crippen LogP contribution in [0, 0.1) is 0 Å². The minimum absolute atomic E-state index is 0.409. The van der Waals surface area contributed by atoms with Crippen molar-refractivity contribution in [1.82, 2.24) is 0 Å². The quantitative estimate of drug-likeness (QED) is 0.107. The van der Waals surface area contributed by atoms with Crippen LogP contribution in [0.2, 0.25) is 0 Å². The van der Waals surface area contributed by atoms with E-state index in [9.17, 15) is 9.59 Å². The van der Waals surface area contributed by atoms with E-state index in [0.717, 1.165) is 93.2 Å². The molecule has 264 valence electrons. The molecule has 0 saturated carbocycles. The number of carbonyl (C=O) groups is 2. The van der Waals surface area contributed by atoms with Gasteiger partial charge in [0, 0.05) is 36.8 Å². The Hall–Kier alpha value is -4.00. The number of rotatable bonds is 14. The van der Waals surface area contributed by atoms with Crippen LogP contribution in [-0.4, -0.2) is 36.9 Å². The number of hydrogen-bond acceptors (Lipinski definition) is 6. The van der Waals surface area contributed by atoms with E-state index in [4.69, 9.17) is 42.1 Å². The third-order valence-corrected chi connectivity index (χ3v) is 9.06. The van der Waals surface area contributed by atoms with E-state index >= 15 is 0 Å². The topological polar surface area (TPSA) is 71.1 Å². The van der Waals surface area contributed by atoms with Crippen molar-refractivity contribution >= 4 is 33.7 Å². The van der Waals surface area contributed by atoms with Crippen LogP contribution in [0.5, 0.6) is 23.0 Å². The number of carbonyl (C=O) groups excluding carboxylic acids is 2. The summed E-state index contributed by atoms with van der Waals surface area (Å²) in [7, 11) is 0. The van der Waals surface area contributed by atoms with Crippen LogP contribution in [0.25, 0.3) is 0 Å². The van der Waals surface area contributed by atoms with Crippen molar-refractivity contribution in [3.05, 3.63) is 116 Å². The van der Waals surface area contributed by atoms with Crippen LogP contribution in [-0.2, 0) is 25.7 Å². The summed E-state index contributed by atoms with van der Waals surface area (Å²) in [5.74, 6) is 3.01. The maximum absolute atomic E-state index is 12.7. The number of halogens is 2. The lowest BCUT2D eigenvalue weighted by atomic mass is 9.90. The molecule has 0 aromatic heterocycles. The maximum Gasteiger partial charge on any atom is 0.252 e. The summed E-state index contributed by atoms with van der Waals surface area (Å²) < 4.78 is 26.0. The summed E-state index contributed by atoms with van der Waals surface area (Å²) in [5, 5.41) is -1.06. The minimum atomic E-state index is -0.529. The Kier molecular flexibility index (Phi) is 13.2. The van der Waals surface area contributed by atoms with Crippen LogP contribution >= 0.6 is 23.2 Å². The molecule has 50 heavy (non-hydrogen) atoms. The second-order valence-electron chi connectivity index (χ2n) is 12.7. The van der Waals surface area contributed by atoms with Gasteiger partial charge in [-0.25, -0.2) is 0 Å². The van der Waals surface area contributed by atoms with Gasteiger partial charge in [-0.1, -0.05) is 64.1 Å². The van der Waals surface area contributed by atoms with Gasteiger partial charge >= 0.3 is 0 Å². The summed E-state index contributed by atoms with van der Waals surface area (Å²) in [4.78, 5) is 25.5. The molecule has 0 amide bonds. The number of benzene rings is 4. The molecule has 8 heteroatoms. The van der Waals surface area contributed by atoms with Crippen LogP contribution in [0.4, 0.5) is 0 Å². The molecule has 0 aliphatic heterocycles. The zero-order valence-electron chi connectivity index (χ0n) is 29.5. The summed E-state index contributed by atoms with van der Waals surface area (Å²) in [6.45, 7) is 10.4. The fourth-order valence-corrected chi connectivity index (χ4v) is 6.69. The second-order valence-corrected chi connectivity index (χ2v) is 13.4. The fraction of sp³-hybridized carbons (Fsp3) is 0.381. The van der Waals surface area contributed by atoms with Crippen molar-refractivity contribution in [3.8, 4) is 23.0 Å². The third kappa shape index (κ3) is 8.83. The van der Waals surface area contributed by atoms with Crippen LogP contribution in [0.15, 0.2) is 60.7 Å². The lowest BCUT2D eigenvalue weighted by Gasteiger charge is -2.23. The Morgan fingerprint density at radius 2 is 0.700 bits per heavy atom. The highest BCUT2D eigenvalue weighted by atomic mass is 35.5. The molecule has 0 unspecified atom stereocenters. The van der Waals surface area contributed by atoms with Gasteiger partial charge in [-0.2, -0.15) is 0 Å². The molecule has 0 N–H and O–H groups in total. The number of hydrogen-bond donors (Lipinski definition) is 0. The van der Waals surface area contributed by atoms with Crippen LogP contribution < -0.4 is 18.9 Å². The number of para-hydroxylation sites is 2. The monoisotopic (exact) mass is 716 g/mol. The van der Waals surface area contributed by atoms with Crippen molar-refractivity contribution in [2.24, 2.45) is 0 Å². The summed E-state index contributed by atoms with van der Waals surface area (Å²) in [5.41, 5.74) is 8.01. The molecule has 4 aromatic carbocycles. The number of fused-ring (bicyclic) bond motifs is 8. The Bertz CT molecular complexity index is 1610. The van der Waals surface area contributed by atoms with Gasteiger partial charge < -0.3 is 18.9 Å². The SMILES string of the molecule is CCCOc1c2cccc1Cc1cc(C(=O)Cl)cc(c1OCCC)Cc1cccc(c1OCCC)Cc1cc(C(=O)Cl)cc(c1OCCC)C2. The molecule has 0 fully saturated rings. The molecule has 0 atom stereocenters. The van der Waals surface area contributed by atoms with Gasteiger partial charge in [-0.3, -0.25) is 9.59 Å². The molecular weight excluding hydrogens is 671 g/mol. The fourth-order valence-electron chi connectivity index (χ4n) is 6.47. The Morgan fingerprint density at radius 3 is 0.920 bits per heavy atom. The highest BCUT2D eigenvalue weighted by molar-refractivity contribution is 6.68. The third-order valence-electron chi connectivity index (χ3n) is 8.62. The molecule has 0 radical (unpaired) electrons. The maximum atomic E-state index is 12.7. The van der Waals surface area contributed by atoms with E-state index in [2.05, 4.69) is 52.0 Å². The van der Waals surface area contributed by atoms with E-state index in [-0.39, 0.29) is 0 Å². The molecule has 0 saturated heterocycles. The van der Waals surface area contributed by atoms with Gasteiger partial charge in [-0.05, 0) is 118 Å². The van der Waals surface area contributed by atoms with Crippen molar-refractivity contribution < 1.29 is 28.5 Å². The molecular formula is C42H46Cl2O6. The molecule has 6 nitrogen and oxygen atoms in total. The van der Waals surface area contributed by atoms with Crippen molar-refractivity contribution in [2.45, 2.75) is 79.1 Å². The van der Waals surface area contributed by atoms with Crippen molar-refractivity contribution in [2.75, 3.05) is 26.4 Å². The molecule has 0 spiro atoms. The first-order valence-electron chi connectivity index (χ1n) is 17.7. The first-order valence-corrected chi connectivity index (χ1v) is 18.5. The van der Waals surface area contributed by atoms with Crippen LogP contribution in [0.3, 0.4) is 0 Å². The lowest BCUT2D eigenvalue weighted by molar-refractivity contribution is 0.107. The molecule has 1 aliphatic carbocycles.